The third-order valence-electron chi connectivity index (χ3n) is 5.85. The summed E-state index contributed by atoms with van der Waals surface area (Å²) in [5.41, 5.74) is 3.22. The maximum absolute atomic E-state index is 12.6. The Labute approximate surface area is 175 Å². The van der Waals surface area contributed by atoms with E-state index in [2.05, 4.69) is 54.3 Å². The second-order valence-corrected chi connectivity index (χ2v) is 8.03. The molecule has 29 heavy (non-hydrogen) atoms. The van der Waals surface area contributed by atoms with Gasteiger partial charge >= 0.3 is 0 Å². The second kappa shape index (κ2) is 9.44. The third-order valence-corrected chi connectivity index (χ3v) is 5.85. The molecule has 1 saturated heterocycles. The van der Waals surface area contributed by atoms with Gasteiger partial charge in [0.1, 0.15) is 5.82 Å². The van der Waals surface area contributed by atoms with Crippen molar-refractivity contribution < 1.29 is 4.79 Å². The van der Waals surface area contributed by atoms with E-state index in [9.17, 15) is 4.79 Å². The number of para-hydroxylation sites is 1. The van der Waals surface area contributed by atoms with Crippen LogP contribution >= 0.6 is 0 Å². The predicted octanol–water partition coefficient (Wildman–Crippen LogP) is 3.47. The van der Waals surface area contributed by atoms with E-state index in [1.165, 1.54) is 0 Å². The summed E-state index contributed by atoms with van der Waals surface area (Å²) >= 11 is 0. The smallest absolute Gasteiger partial charge is 0.222 e. The molecular formula is C23H35N5O. The fourth-order valence-electron chi connectivity index (χ4n) is 4.01. The van der Waals surface area contributed by atoms with Crippen LogP contribution in [0, 0.1) is 6.92 Å². The highest BCUT2D eigenvalue weighted by Crippen LogP contribution is 2.30. The Morgan fingerprint density at radius 3 is 2.31 bits per heavy atom. The lowest BCUT2D eigenvalue weighted by atomic mass is 10.1. The van der Waals surface area contributed by atoms with Crippen LogP contribution in [0.1, 0.15) is 45.4 Å². The van der Waals surface area contributed by atoms with E-state index in [4.69, 9.17) is 5.10 Å². The van der Waals surface area contributed by atoms with Gasteiger partial charge in [-0.3, -0.25) is 4.79 Å². The minimum absolute atomic E-state index is 0.159. The molecule has 0 bridgehead atoms. The normalized spacial score (nSPS) is 15.2. The maximum Gasteiger partial charge on any atom is 0.222 e. The molecule has 158 valence electrons. The first kappa shape index (κ1) is 21.4. The number of aryl methyl sites for hydroxylation is 1. The molecule has 3 rings (SSSR count). The van der Waals surface area contributed by atoms with Crippen molar-refractivity contribution in [3.8, 4) is 5.69 Å². The van der Waals surface area contributed by atoms with Gasteiger partial charge in [-0.25, -0.2) is 4.68 Å². The van der Waals surface area contributed by atoms with Gasteiger partial charge in [0.25, 0.3) is 0 Å². The standard InChI is InChI=1S/C23H35N5O/c1-6-22(29)27(18(3)4)17-21-19(5)24-28(20-11-9-8-10-12-20)23(21)26-15-13-25(7-2)14-16-26/h8-12,18H,6-7,13-17H2,1-5H3. The molecule has 0 spiro atoms. The average molecular weight is 398 g/mol. The van der Waals surface area contributed by atoms with Crippen molar-refractivity contribution in [2.24, 2.45) is 0 Å². The van der Waals surface area contributed by atoms with Crippen LogP contribution in [0.15, 0.2) is 30.3 Å². The summed E-state index contributed by atoms with van der Waals surface area (Å²) in [6.45, 7) is 16.1. The maximum atomic E-state index is 12.6. The number of hydrogen-bond donors (Lipinski definition) is 0. The van der Waals surface area contributed by atoms with Crippen molar-refractivity contribution in [3.05, 3.63) is 41.6 Å². The van der Waals surface area contributed by atoms with Crippen molar-refractivity contribution >= 4 is 11.7 Å². The molecule has 0 saturated carbocycles. The van der Waals surface area contributed by atoms with E-state index in [1.807, 2.05) is 30.0 Å². The number of rotatable bonds is 7. The first-order valence-corrected chi connectivity index (χ1v) is 10.9. The van der Waals surface area contributed by atoms with Gasteiger partial charge in [-0.2, -0.15) is 5.10 Å². The Balaban J connectivity index is 2.03. The van der Waals surface area contributed by atoms with Crippen molar-refractivity contribution in [1.29, 1.82) is 0 Å². The van der Waals surface area contributed by atoms with E-state index < -0.39 is 0 Å². The number of benzene rings is 1. The number of carbonyl (C=O) groups is 1. The molecule has 1 amide bonds. The molecule has 0 N–H and O–H groups in total. The monoisotopic (exact) mass is 397 g/mol. The molecule has 1 aliphatic rings. The minimum atomic E-state index is 0.159. The lowest BCUT2D eigenvalue weighted by Crippen LogP contribution is -2.47. The summed E-state index contributed by atoms with van der Waals surface area (Å²) in [5, 5.41) is 4.92. The van der Waals surface area contributed by atoms with Gasteiger partial charge in [-0.05, 0) is 39.4 Å². The topological polar surface area (TPSA) is 44.6 Å². The van der Waals surface area contributed by atoms with Crippen LogP contribution in [0.4, 0.5) is 5.82 Å². The fraction of sp³-hybridized carbons (Fsp3) is 0.565. The molecule has 1 aromatic heterocycles. The van der Waals surface area contributed by atoms with Crippen LogP contribution in [0.5, 0.6) is 0 Å². The Kier molecular flexibility index (Phi) is 6.96. The van der Waals surface area contributed by atoms with Gasteiger partial charge in [0.15, 0.2) is 0 Å². The molecule has 2 aromatic rings. The fourth-order valence-corrected chi connectivity index (χ4v) is 4.01. The molecule has 1 aliphatic heterocycles. The van der Waals surface area contributed by atoms with E-state index in [1.54, 1.807) is 0 Å². The van der Waals surface area contributed by atoms with Crippen LogP contribution in [-0.2, 0) is 11.3 Å². The van der Waals surface area contributed by atoms with Crippen molar-refractivity contribution in [1.82, 2.24) is 19.6 Å². The van der Waals surface area contributed by atoms with Crippen LogP contribution < -0.4 is 4.90 Å². The van der Waals surface area contributed by atoms with Gasteiger partial charge in [0.2, 0.25) is 5.91 Å². The highest BCUT2D eigenvalue weighted by atomic mass is 16.2. The predicted molar refractivity (Wildman–Crippen MR) is 119 cm³/mol. The van der Waals surface area contributed by atoms with E-state index in [0.717, 1.165) is 55.5 Å². The summed E-state index contributed by atoms with van der Waals surface area (Å²) in [4.78, 5) is 19.5. The molecule has 0 radical (unpaired) electrons. The Bertz CT molecular complexity index is 806. The molecule has 0 atom stereocenters. The van der Waals surface area contributed by atoms with E-state index in [0.29, 0.717) is 13.0 Å². The molecule has 2 heterocycles. The number of piperazine rings is 1. The highest BCUT2D eigenvalue weighted by Gasteiger charge is 2.27. The van der Waals surface area contributed by atoms with Gasteiger partial charge in [-0.1, -0.05) is 32.0 Å². The Morgan fingerprint density at radius 1 is 1.10 bits per heavy atom. The largest absolute Gasteiger partial charge is 0.354 e. The lowest BCUT2D eigenvalue weighted by molar-refractivity contribution is -0.133. The van der Waals surface area contributed by atoms with Crippen molar-refractivity contribution in [3.63, 3.8) is 0 Å². The number of carbonyl (C=O) groups excluding carboxylic acids is 1. The minimum Gasteiger partial charge on any atom is -0.354 e. The molecular weight excluding hydrogens is 362 g/mol. The Hall–Kier alpha value is -2.34. The first-order chi connectivity index (χ1) is 14.0. The van der Waals surface area contributed by atoms with Gasteiger partial charge in [0.05, 0.1) is 17.9 Å². The van der Waals surface area contributed by atoms with Crippen LogP contribution in [0.2, 0.25) is 0 Å². The third kappa shape index (κ3) is 4.64. The van der Waals surface area contributed by atoms with E-state index >= 15 is 0 Å². The Morgan fingerprint density at radius 2 is 1.76 bits per heavy atom. The zero-order valence-corrected chi connectivity index (χ0v) is 18.6. The summed E-state index contributed by atoms with van der Waals surface area (Å²) in [5.74, 6) is 1.33. The zero-order valence-electron chi connectivity index (χ0n) is 18.6. The quantitative estimate of drug-likeness (QED) is 0.718. The lowest BCUT2D eigenvalue weighted by Gasteiger charge is -2.36. The van der Waals surface area contributed by atoms with Crippen LogP contribution in [0.3, 0.4) is 0 Å². The molecule has 1 fully saturated rings. The molecule has 0 unspecified atom stereocenters. The molecule has 6 nitrogen and oxygen atoms in total. The summed E-state index contributed by atoms with van der Waals surface area (Å²) in [6, 6.07) is 10.5. The van der Waals surface area contributed by atoms with Crippen LogP contribution in [-0.4, -0.2) is 64.3 Å². The summed E-state index contributed by atoms with van der Waals surface area (Å²) < 4.78 is 2.07. The number of aromatic nitrogens is 2. The van der Waals surface area contributed by atoms with Gasteiger partial charge < -0.3 is 14.7 Å². The second-order valence-electron chi connectivity index (χ2n) is 8.03. The van der Waals surface area contributed by atoms with Crippen molar-refractivity contribution in [2.75, 3.05) is 37.6 Å². The number of hydrogen-bond acceptors (Lipinski definition) is 4. The number of likely N-dealkylation sites (N-methyl/N-ethyl adjacent to an activating group) is 1. The van der Waals surface area contributed by atoms with Gasteiger partial charge in [0, 0.05) is 44.2 Å². The molecule has 0 aliphatic carbocycles. The summed E-state index contributed by atoms with van der Waals surface area (Å²) in [6.07, 6.45) is 0.522. The molecule has 6 heteroatoms. The van der Waals surface area contributed by atoms with Crippen LogP contribution in [0.25, 0.3) is 5.69 Å². The number of amides is 1. The summed E-state index contributed by atoms with van der Waals surface area (Å²) in [7, 11) is 0. The highest BCUT2D eigenvalue weighted by molar-refractivity contribution is 5.76. The number of nitrogens with zero attached hydrogens (tertiary/aromatic N) is 5. The first-order valence-electron chi connectivity index (χ1n) is 10.9. The average Bonchev–Trinajstić information content (AvgIpc) is 3.07. The number of anilines is 1. The zero-order chi connectivity index (χ0) is 21.0. The van der Waals surface area contributed by atoms with Gasteiger partial charge in [-0.15, -0.1) is 0 Å². The van der Waals surface area contributed by atoms with E-state index in [-0.39, 0.29) is 11.9 Å². The molecule has 1 aromatic carbocycles. The SMILES string of the molecule is CCC(=O)N(Cc1c(C)nn(-c2ccccc2)c1N1CCN(CC)CC1)C(C)C. The van der Waals surface area contributed by atoms with Crippen molar-refractivity contribution in [2.45, 2.75) is 53.6 Å².